The van der Waals surface area contributed by atoms with Crippen molar-refractivity contribution in [1.82, 2.24) is 14.9 Å². The first kappa shape index (κ1) is 15.9. The SMILES string of the molecule is Cc1ncc(C(=O)N2CCCC(CCC(=O)O)C2)c(C2CC2)n1. The van der Waals surface area contributed by atoms with Crippen LogP contribution in [0.15, 0.2) is 6.20 Å². The summed E-state index contributed by atoms with van der Waals surface area (Å²) in [7, 11) is 0. The van der Waals surface area contributed by atoms with E-state index in [0.717, 1.165) is 37.9 Å². The maximum Gasteiger partial charge on any atom is 0.303 e. The second-order valence-corrected chi connectivity index (χ2v) is 6.68. The molecule has 2 fully saturated rings. The van der Waals surface area contributed by atoms with E-state index in [2.05, 4.69) is 9.97 Å². The standard InChI is InChI=1S/C17H23N3O3/c1-11-18-9-14(16(19-11)13-5-6-13)17(23)20-8-2-3-12(10-20)4-7-15(21)22/h9,12-13H,2-8,10H2,1H3,(H,21,22). The number of carbonyl (C=O) groups excluding carboxylic acids is 1. The van der Waals surface area contributed by atoms with Gasteiger partial charge in [0.1, 0.15) is 5.82 Å². The largest absolute Gasteiger partial charge is 0.481 e. The van der Waals surface area contributed by atoms with Gasteiger partial charge < -0.3 is 10.0 Å². The van der Waals surface area contributed by atoms with Crippen LogP contribution in [0.4, 0.5) is 0 Å². The summed E-state index contributed by atoms with van der Waals surface area (Å²) in [5.41, 5.74) is 1.53. The van der Waals surface area contributed by atoms with Gasteiger partial charge in [0.25, 0.3) is 5.91 Å². The quantitative estimate of drug-likeness (QED) is 0.901. The summed E-state index contributed by atoms with van der Waals surface area (Å²) >= 11 is 0. The van der Waals surface area contributed by atoms with Crippen molar-refractivity contribution in [2.24, 2.45) is 5.92 Å². The molecule has 23 heavy (non-hydrogen) atoms. The highest BCUT2D eigenvalue weighted by Gasteiger charge is 2.33. The molecule has 1 amide bonds. The Kier molecular flexibility index (Phi) is 4.59. The Morgan fingerprint density at radius 3 is 2.83 bits per heavy atom. The van der Waals surface area contributed by atoms with Crippen LogP contribution in [-0.4, -0.2) is 44.9 Å². The van der Waals surface area contributed by atoms with Gasteiger partial charge >= 0.3 is 5.97 Å². The van der Waals surface area contributed by atoms with E-state index < -0.39 is 5.97 Å². The minimum atomic E-state index is -0.767. The minimum absolute atomic E-state index is 0.00641. The summed E-state index contributed by atoms with van der Waals surface area (Å²) in [6.45, 7) is 3.23. The van der Waals surface area contributed by atoms with Gasteiger partial charge in [0.15, 0.2) is 0 Å². The molecule has 1 unspecified atom stereocenters. The molecule has 0 spiro atoms. The molecule has 1 aromatic rings. The van der Waals surface area contributed by atoms with E-state index in [1.165, 1.54) is 0 Å². The van der Waals surface area contributed by atoms with Gasteiger partial charge in [0, 0.05) is 31.6 Å². The number of nitrogens with zero attached hydrogens (tertiary/aromatic N) is 3. The second kappa shape index (κ2) is 6.64. The normalized spacial score (nSPS) is 21.3. The number of aliphatic carboxylic acids is 1. The fourth-order valence-corrected chi connectivity index (χ4v) is 3.30. The lowest BCUT2D eigenvalue weighted by Gasteiger charge is -2.33. The molecule has 1 N–H and O–H groups in total. The zero-order valence-corrected chi connectivity index (χ0v) is 13.5. The number of piperidine rings is 1. The summed E-state index contributed by atoms with van der Waals surface area (Å²) in [6.07, 6.45) is 6.60. The number of likely N-dealkylation sites (tertiary alicyclic amines) is 1. The average molecular weight is 317 g/mol. The average Bonchev–Trinajstić information content (AvgIpc) is 3.37. The van der Waals surface area contributed by atoms with E-state index in [1.54, 1.807) is 6.20 Å². The van der Waals surface area contributed by atoms with Crippen molar-refractivity contribution in [3.63, 3.8) is 0 Å². The zero-order valence-electron chi connectivity index (χ0n) is 13.5. The monoisotopic (exact) mass is 317 g/mol. The van der Waals surface area contributed by atoms with Crippen molar-refractivity contribution in [3.05, 3.63) is 23.3 Å². The topological polar surface area (TPSA) is 83.4 Å². The molecule has 1 atom stereocenters. The molecule has 1 aliphatic heterocycles. The van der Waals surface area contributed by atoms with Gasteiger partial charge in [-0.2, -0.15) is 0 Å². The van der Waals surface area contributed by atoms with Crippen molar-refractivity contribution >= 4 is 11.9 Å². The summed E-state index contributed by atoms with van der Waals surface area (Å²) in [4.78, 5) is 34.2. The molecule has 6 heteroatoms. The van der Waals surface area contributed by atoms with Gasteiger partial charge in [0.05, 0.1) is 11.3 Å². The highest BCUT2D eigenvalue weighted by Crippen LogP contribution is 2.40. The highest BCUT2D eigenvalue weighted by atomic mass is 16.4. The lowest BCUT2D eigenvalue weighted by Crippen LogP contribution is -2.40. The molecule has 6 nitrogen and oxygen atoms in total. The van der Waals surface area contributed by atoms with Crippen molar-refractivity contribution < 1.29 is 14.7 Å². The first-order valence-corrected chi connectivity index (χ1v) is 8.39. The van der Waals surface area contributed by atoms with Crippen LogP contribution in [-0.2, 0) is 4.79 Å². The van der Waals surface area contributed by atoms with E-state index in [-0.39, 0.29) is 18.2 Å². The molecule has 1 saturated carbocycles. The number of hydrogen-bond donors (Lipinski definition) is 1. The molecular weight excluding hydrogens is 294 g/mol. The van der Waals surface area contributed by atoms with Gasteiger partial charge in [-0.15, -0.1) is 0 Å². The third kappa shape index (κ3) is 3.86. The number of carbonyl (C=O) groups is 2. The van der Waals surface area contributed by atoms with E-state index in [9.17, 15) is 9.59 Å². The second-order valence-electron chi connectivity index (χ2n) is 6.68. The molecule has 1 aliphatic carbocycles. The number of aryl methyl sites for hydroxylation is 1. The fraction of sp³-hybridized carbons (Fsp3) is 0.647. The van der Waals surface area contributed by atoms with Gasteiger partial charge in [-0.3, -0.25) is 9.59 Å². The molecule has 1 aromatic heterocycles. The molecule has 0 bridgehead atoms. The lowest BCUT2D eigenvalue weighted by molar-refractivity contribution is -0.137. The maximum atomic E-state index is 12.9. The molecule has 2 heterocycles. The van der Waals surface area contributed by atoms with Crippen LogP contribution >= 0.6 is 0 Å². The number of rotatable bonds is 5. The van der Waals surface area contributed by atoms with Crippen LogP contribution in [0, 0.1) is 12.8 Å². The molecular formula is C17H23N3O3. The van der Waals surface area contributed by atoms with Crippen LogP contribution < -0.4 is 0 Å². The van der Waals surface area contributed by atoms with Crippen molar-refractivity contribution in [3.8, 4) is 0 Å². The Morgan fingerprint density at radius 1 is 1.35 bits per heavy atom. The third-order valence-electron chi connectivity index (χ3n) is 4.71. The van der Waals surface area contributed by atoms with E-state index >= 15 is 0 Å². The van der Waals surface area contributed by atoms with Gasteiger partial charge in [-0.1, -0.05) is 0 Å². The summed E-state index contributed by atoms with van der Waals surface area (Å²) in [5, 5.41) is 8.83. The first-order chi connectivity index (χ1) is 11.0. The molecule has 0 radical (unpaired) electrons. The molecule has 0 aromatic carbocycles. The van der Waals surface area contributed by atoms with Crippen LogP contribution in [0.25, 0.3) is 0 Å². The molecule has 2 aliphatic rings. The van der Waals surface area contributed by atoms with Crippen molar-refractivity contribution in [2.75, 3.05) is 13.1 Å². The first-order valence-electron chi connectivity index (χ1n) is 8.39. The number of carboxylic acid groups (broad SMARTS) is 1. The maximum absolute atomic E-state index is 12.9. The zero-order chi connectivity index (χ0) is 16.4. The predicted molar refractivity (Wildman–Crippen MR) is 84.2 cm³/mol. The van der Waals surface area contributed by atoms with E-state index in [1.807, 2.05) is 11.8 Å². The van der Waals surface area contributed by atoms with Crippen LogP contribution in [0.3, 0.4) is 0 Å². The van der Waals surface area contributed by atoms with E-state index in [4.69, 9.17) is 5.11 Å². The van der Waals surface area contributed by atoms with E-state index in [0.29, 0.717) is 30.3 Å². The third-order valence-corrected chi connectivity index (χ3v) is 4.71. The van der Waals surface area contributed by atoms with Crippen LogP contribution in [0.5, 0.6) is 0 Å². The number of aromatic nitrogens is 2. The smallest absolute Gasteiger partial charge is 0.303 e. The molecule has 3 rings (SSSR count). The fourth-order valence-electron chi connectivity index (χ4n) is 3.30. The summed E-state index contributed by atoms with van der Waals surface area (Å²) in [5.74, 6) is 0.632. The highest BCUT2D eigenvalue weighted by molar-refractivity contribution is 5.95. The Balaban J connectivity index is 1.71. The number of carboxylic acids is 1. The van der Waals surface area contributed by atoms with Gasteiger partial charge in [-0.05, 0) is 44.9 Å². The Hall–Kier alpha value is -1.98. The Labute approximate surface area is 135 Å². The summed E-state index contributed by atoms with van der Waals surface area (Å²) < 4.78 is 0. The van der Waals surface area contributed by atoms with Gasteiger partial charge in [0.2, 0.25) is 0 Å². The van der Waals surface area contributed by atoms with Crippen molar-refractivity contribution in [1.29, 1.82) is 0 Å². The van der Waals surface area contributed by atoms with Crippen LogP contribution in [0.2, 0.25) is 0 Å². The van der Waals surface area contributed by atoms with Crippen molar-refractivity contribution in [2.45, 2.75) is 51.4 Å². The molecule has 1 saturated heterocycles. The van der Waals surface area contributed by atoms with Crippen LogP contribution in [0.1, 0.15) is 66.3 Å². The predicted octanol–water partition coefficient (Wildman–Crippen LogP) is 2.38. The Morgan fingerprint density at radius 2 is 2.13 bits per heavy atom. The van der Waals surface area contributed by atoms with Gasteiger partial charge in [-0.25, -0.2) is 9.97 Å². The number of hydrogen-bond acceptors (Lipinski definition) is 4. The molecule has 124 valence electrons. The lowest BCUT2D eigenvalue weighted by atomic mass is 9.93. The minimum Gasteiger partial charge on any atom is -0.481 e. The Bertz CT molecular complexity index is 613. The summed E-state index contributed by atoms with van der Waals surface area (Å²) in [6, 6.07) is 0. The number of amides is 1.